The highest BCUT2D eigenvalue weighted by atomic mass is 28.4. The summed E-state index contributed by atoms with van der Waals surface area (Å²) in [5.74, 6) is -1.43. The Morgan fingerprint density at radius 3 is 2.08 bits per heavy atom. The number of allylic oxidation sites excluding steroid dienone is 4. The van der Waals surface area contributed by atoms with Crippen LogP contribution in [0.3, 0.4) is 0 Å². The molecule has 7 nitrogen and oxygen atoms in total. The molecule has 0 aromatic carbocycles. The van der Waals surface area contributed by atoms with Crippen molar-refractivity contribution in [2.75, 3.05) is 19.8 Å². The first-order valence-corrected chi connectivity index (χ1v) is 15.4. The topological polar surface area (TPSA) is 96.0 Å². The molecule has 0 fully saturated rings. The van der Waals surface area contributed by atoms with Crippen molar-refractivity contribution in [1.29, 1.82) is 0 Å². The van der Waals surface area contributed by atoms with Gasteiger partial charge in [-0.3, -0.25) is 19.2 Å². The van der Waals surface area contributed by atoms with Crippen molar-refractivity contribution in [1.82, 2.24) is 0 Å². The smallest absolute Gasteiger partial charge is 0.306 e. The highest BCUT2D eigenvalue weighted by molar-refractivity contribution is 6.74. The molecule has 1 aliphatic rings. The minimum absolute atomic E-state index is 0.00297. The zero-order chi connectivity index (χ0) is 27.9. The van der Waals surface area contributed by atoms with Crippen molar-refractivity contribution >= 4 is 31.8 Å². The van der Waals surface area contributed by atoms with E-state index in [-0.39, 0.29) is 49.1 Å². The van der Waals surface area contributed by atoms with Gasteiger partial charge >= 0.3 is 11.9 Å². The van der Waals surface area contributed by atoms with Crippen LogP contribution in [-0.4, -0.2) is 51.6 Å². The van der Waals surface area contributed by atoms with Crippen LogP contribution in [0.25, 0.3) is 0 Å². The second-order valence-electron chi connectivity index (χ2n) is 11.5. The molecule has 0 heterocycles. The first kappa shape index (κ1) is 31.7. The van der Waals surface area contributed by atoms with Gasteiger partial charge in [-0.1, -0.05) is 47.3 Å². The van der Waals surface area contributed by atoms with E-state index < -0.39 is 25.7 Å². The highest BCUT2D eigenvalue weighted by Crippen LogP contribution is 2.40. The van der Waals surface area contributed by atoms with Gasteiger partial charge in [-0.2, -0.15) is 0 Å². The molecule has 0 saturated heterocycles. The Labute approximate surface area is 217 Å². The molecular formula is C28H44O7Si. The second kappa shape index (κ2) is 12.8. The van der Waals surface area contributed by atoms with Crippen LogP contribution >= 0.6 is 0 Å². The van der Waals surface area contributed by atoms with E-state index in [4.69, 9.17) is 13.9 Å². The Kier molecular flexibility index (Phi) is 11.2. The average Bonchev–Trinajstić information content (AvgIpc) is 2.74. The number of esters is 2. The lowest BCUT2D eigenvalue weighted by atomic mass is 9.70. The zero-order valence-corrected chi connectivity index (χ0v) is 24.6. The van der Waals surface area contributed by atoms with Gasteiger partial charge in [0.05, 0.1) is 13.0 Å². The Hall–Kier alpha value is -2.32. The van der Waals surface area contributed by atoms with Crippen LogP contribution in [0, 0.1) is 5.41 Å². The van der Waals surface area contributed by atoms with Crippen molar-refractivity contribution in [3.63, 3.8) is 0 Å². The highest BCUT2D eigenvalue weighted by Gasteiger charge is 2.40. The maximum absolute atomic E-state index is 13.2. The van der Waals surface area contributed by atoms with E-state index in [9.17, 15) is 19.2 Å². The summed E-state index contributed by atoms with van der Waals surface area (Å²) in [6, 6.07) is 0. The Morgan fingerprint density at radius 2 is 1.53 bits per heavy atom. The summed E-state index contributed by atoms with van der Waals surface area (Å²) in [5.41, 5.74) is 0.362. The normalized spacial score (nSPS) is 15.4. The number of rotatable bonds is 13. The van der Waals surface area contributed by atoms with Crippen molar-refractivity contribution in [3.05, 3.63) is 34.9 Å². The van der Waals surface area contributed by atoms with E-state index in [0.29, 0.717) is 35.3 Å². The standard InChI is InChI=1S/C28H44O7Si/c1-11-15-33-22(29)14-13-21-19(2)26(32)24(20(3)25(21)31)28(7,8)18-23(30)34-16-12-17-35-36(9,10)27(4,5)6/h11H,1,12-18H2,2-10H3. The third kappa shape index (κ3) is 8.37. The van der Waals surface area contributed by atoms with E-state index in [0.717, 1.165) is 0 Å². The van der Waals surface area contributed by atoms with Crippen LogP contribution in [0.5, 0.6) is 0 Å². The number of hydrogen-bond acceptors (Lipinski definition) is 7. The van der Waals surface area contributed by atoms with Crippen LogP contribution < -0.4 is 0 Å². The van der Waals surface area contributed by atoms with Gasteiger partial charge in [0.1, 0.15) is 6.61 Å². The molecule has 0 aliphatic heterocycles. The van der Waals surface area contributed by atoms with Gasteiger partial charge in [0.15, 0.2) is 19.9 Å². The molecule has 0 bridgehead atoms. The molecule has 0 atom stereocenters. The molecule has 0 spiro atoms. The van der Waals surface area contributed by atoms with Crippen LogP contribution in [0.15, 0.2) is 34.9 Å². The summed E-state index contributed by atoms with van der Waals surface area (Å²) in [4.78, 5) is 50.7. The van der Waals surface area contributed by atoms with Crippen molar-refractivity contribution in [3.8, 4) is 0 Å². The average molecular weight is 521 g/mol. The summed E-state index contributed by atoms with van der Waals surface area (Å²) in [6.45, 7) is 22.0. The summed E-state index contributed by atoms with van der Waals surface area (Å²) in [5, 5.41) is 0.116. The van der Waals surface area contributed by atoms with Gasteiger partial charge in [0.25, 0.3) is 0 Å². The minimum atomic E-state index is -1.85. The quantitative estimate of drug-likeness (QED) is 0.102. The fraction of sp³-hybridized carbons (Fsp3) is 0.643. The monoisotopic (exact) mass is 520 g/mol. The number of Topliss-reactive ketones (excluding diaryl/α,β-unsaturated/α-hetero) is 2. The van der Waals surface area contributed by atoms with Crippen molar-refractivity contribution in [2.45, 2.75) is 92.3 Å². The van der Waals surface area contributed by atoms with E-state index >= 15 is 0 Å². The first-order valence-electron chi connectivity index (χ1n) is 12.5. The number of ether oxygens (including phenoxy) is 2. The molecule has 0 N–H and O–H groups in total. The molecule has 0 aromatic rings. The molecule has 202 valence electrons. The predicted octanol–water partition coefficient (Wildman–Crippen LogP) is 5.65. The number of carbonyl (C=O) groups is 4. The molecule has 0 saturated carbocycles. The van der Waals surface area contributed by atoms with Gasteiger partial charge in [0, 0.05) is 47.2 Å². The second-order valence-corrected chi connectivity index (χ2v) is 16.3. The van der Waals surface area contributed by atoms with Crippen LogP contribution in [0.4, 0.5) is 0 Å². The lowest BCUT2D eigenvalue weighted by Crippen LogP contribution is -2.41. The van der Waals surface area contributed by atoms with E-state index in [1.165, 1.54) is 6.08 Å². The summed E-state index contributed by atoms with van der Waals surface area (Å²) in [6.07, 6.45) is 2.15. The van der Waals surface area contributed by atoms with Crippen LogP contribution in [0.2, 0.25) is 18.1 Å². The molecule has 8 heteroatoms. The Balaban J connectivity index is 2.76. The van der Waals surface area contributed by atoms with E-state index in [2.05, 4.69) is 40.4 Å². The number of hydrogen-bond donors (Lipinski definition) is 0. The zero-order valence-electron chi connectivity index (χ0n) is 23.6. The van der Waals surface area contributed by atoms with Crippen molar-refractivity contribution in [2.24, 2.45) is 5.41 Å². The van der Waals surface area contributed by atoms with Crippen molar-refractivity contribution < 1.29 is 33.1 Å². The third-order valence-electron chi connectivity index (χ3n) is 7.04. The number of carbonyl (C=O) groups excluding carboxylic acids is 4. The van der Waals surface area contributed by atoms with E-state index in [1.54, 1.807) is 27.7 Å². The maximum atomic E-state index is 13.2. The molecule has 36 heavy (non-hydrogen) atoms. The van der Waals surface area contributed by atoms with E-state index in [1.807, 2.05) is 0 Å². The fourth-order valence-corrected chi connectivity index (χ4v) is 4.95. The predicted molar refractivity (Wildman–Crippen MR) is 143 cm³/mol. The maximum Gasteiger partial charge on any atom is 0.306 e. The molecule has 1 rings (SSSR count). The summed E-state index contributed by atoms with van der Waals surface area (Å²) in [7, 11) is -1.85. The van der Waals surface area contributed by atoms with Crippen LogP contribution in [-0.2, 0) is 33.1 Å². The fourth-order valence-electron chi connectivity index (χ4n) is 3.86. The molecule has 0 amide bonds. The molecule has 0 aromatic heterocycles. The number of ketones is 2. The molecule has 1 aliphatic carbocycles. The molecule has 0 unspecified atom stereocenters. The summed E-state index contributed by atoms with van der Waals surface area (Å²) >= 11 is 0. The third-order valence-corrected chi connectivity index (χ3v) is 11.6. The van der Waals surface area contributed by atoms with Crippen LogP contribution in [0.1, 0.15) is 74.1 Å². The van der Waals surface area contributed by atoms with Gasteiger partial charge in [-0.05, 0) is 38.4 Å². The molecule has 0 radical (unpaired) electrons. The first-order chi connectivity index (χ1) is 16.5. The largest absolute Gasteiger partial charge is 0.466 e. The Morgan fingerprint density at radius 1 is 0.917 bits per heavy atom. The van der Waals surface area contributed by atoms with Gasteiger partial charge in [-0.15, -0.1) is 0 Å². The SMILES string of the molecule is C=CCOC(=O)CCC1=C(C)C(=O)C(C(C)(C)CC(=O)OCCCO[Si](C)(C)C(C)(C)C)=C(C)C1=O. The lowest BCUT2D eigenvalue weighted by molar-refractivity contribution is -0.146. The van der Waals surface area contributed by atoms with Gasteiger partial charge < -0.3 is 13.9 Å². The van der Waals surface area contributed by atoms with Gasteiger partial charge in [-0.25, -0.2) is 0 Å². The van der Waals surface area contributed by atoms with Gasteiger partial charge in [0.2, 0.25) is 0 Å². The minimum Gasteiger partial charge on any atom is -0.466 e. The Bertz CT molecular complexity index is 945. The summed E-state index contributed by atoms with van der Waals surface area (Å²) < 4.78 is 16.5. The molecular weight excluding hydrogens is 476 g/mol. The lowest BCUT2D eigenvalue weighted by Gasteiger charge is -2.36.